The number of halogens is 1. The van der Waals surface area contributed by atoms with E-state index in [0.29, 0.717) is 17.6 Å². The van der Waals surface area contributed by atoms with E-state index in [0.717, 1.165) is 24.1 Å². The van der Waals surface area contributed by atoms with E-state index in [4.69, 9.17) is 11.6 Å². The van der Waals surface area contributed by atoms with Crippen LogP contribution in [-0.4, -0.2) is 19.5 Å². The summed E-state index contributed by atoms with van der Waals surface area (Å²) in [5.74, 6) is 0.0286. The summed E-state index contributed by atoms with van der Waals surface area (Å²) in [4.78, 5) is 13.7. The van der Waals surface area contributed by atoms with Crippen LogP contribution in [0.15, 0.2) is 42.5 Å². The molecular formula is C20H24ClN2O+. The van der Waals surface area contributed by atoms with E-state index in [-0.39, 0.29) is 5.91 Å². The zero-order valence-corrected chi connectivity index (χ0v) is 15.0. The van der Waals surface area contributed by atoms with Crippen LogP contribution < -0.4 is 10.2 Å². The third-order valence-corrected chi connectivity index (χ3v) is 5.35. The van der Waals surface area contributed by atoms with Gasteiger partial charge in [0.25, 0.3) is 5.91 Å². The van der Waals surface area contributed by atoms with Crippen LogP contribution in [0.25, 0.3) is 0 Å². The van der Waals surface area contributed by atoms with Crippen LogP contribution in [0.4, 0.5) is 5.69 Å². The molecule has 0 spiro atoms. The maximum atomic E-state index is 12.5. The lowest BCUT2D eigenvalue weighted by Crippen LogP contribution is -3.10. The number of rotatable bonds is 4. The predicted molar refractivity (Wildman–Crippen MR) is 98.7 cm³/mol. The average Bonchev–Trinajstić information content (AvgIpc) is 2.58. The van der Waals surface area contributed by atoms with Gasteiger partial charge in [-0.3, -0.25) is 4.79 Å². The molecule has 24 heavy (non-hydrogen) atoms. The van der Waals surface area contributed by atoms with E-state index in [1.54, 1.807) is 0 Å². The van der Waals surface area contributed by atoms with E-state index in [9.17, 15) is 4.79 Å². The number of carbonyl (C=O) groups is 1. The summed E-state index contributed by atoms with van der Waals surface area (Å²) in [6.45, 7) is 2.37. The van der Waals surface area contributed by atoms with Crippen LogP contribution in [0.5, 0.6) is 0 Å². The largest absolute Gasteiger partial charge is 0.323 e. The van der Waals surface area contributed by atoms with Gasteiger partial charge in [0.15, 0.2) is 6.54 Å². The van der Waals surface area contributed by atoms with Gasteiger partial charge in [0, 0.05) is 22.7 Å². The molecule has 4 heteroatoms. The second kappa shape index (κ2) is 7.37. The van der Waals surface area contributed by atoms with Crippen molar-refractivity contribution in [3.05, 3.63) is 64.2 Å². The van der Waals surface area contributed by atoms with E-state index in [2.05, 4.69) is 36.6 Å². The molecule has 0 saturated carbocycles. The van der Waals surface area contributed by atoms with Crippen molar-refractivity contribution in [2.75, 3.05) is 18.9 Å². The Morgan fingerprint density at radius 3 is 2.88 bits per heavy atom. The van der Waals surface area contributed by atoms with Gasteiger partial charge in [-0.05, 0) is 43.0 Å². The van der Waals surface area contributed by atoms with E-state index in [1.165, 1.54) is 22.4 Å². The Bertz CT molecular complexity index is 744. The zero-order chi connectivity index (χ0) is 17.1. The topological polar surface area (TPSA) is 33.5 Å². The number of likely N-dealkylation sites (N-methyl/N-ethyl adjacent to an activating group) is 1. The van der Waals surface area contributed by atoms with Gasteiger partial charge in [0.05, 0.1) is 7.05 Å². The Morgan fingerprint density at radius 2 is 2.04 bits per heavy atom. The predicted octanol–water partition coefficient (Wildman–Crippen LogP) is 3.18. The van der Waals surface area contributed by atoms with Gasteiger partial charge in [0.2, 0.25) is 0 Å². The van der Waals surface area contributed by atoms with Gasteiger partial charge in [-0.1, -0.05) is 41.9 Å². The lowest BCUT2D eigenvalue weighted by molar-refractivity contribution is -0.905. The third kappa shape index (κ3) is 3.63. The van der Waals surface area contributed by atoms with Gasteiger partial charge in [-0.25, -0.2) is 0 Å². The van der Waals surface area contributed by atoms with Crippen molar-refractivity contribution < 1.29 is 9.69 Å². The molecule has 3 nitrogen and oxygen atoms in total. The molecule has 0 bridgehead atoms. The molecule has 1 aliphatic rings. The molecule has 0 heterocycles. The van der Waals surface area contributed by atoms with E-state index >= 15 is 0 Å². The summed E-state index contributed by atoms with van der Waals surface area (Å²) in [6.07, 6.45) is 3.47. The summed E-state index contributed by atoms with van der Waals surface area (Å²) in [7, 11) is 2.11. The van der Waals surface area contributed by atoms with Gasteiger partial charge >= 0.3 is 0 Å². The highest BCUT2D eigenvalue weighted by atomic mass is 35.5. The van der Waals surface area contributed by atoms with Crippen molar-refractivity contribution in [3.63, 3.8) is 0 Å². The first-order valence-electron chi connectivity index (χ1n) is 8.51. The van der Waals surface area contributed by atoms with Gasteiger partial charge < -0.3 is 10.2 Å². The normalized spacial score (nSPS) is 17.9. The first-order valence-corrected chi connectivity index (χ1v) is 8.89. The van der Waals surface area contributed by atoms with Crippen molar-refractivity contribution >= 4 is 23.2 Å². The second-order valence-electron chi connectivity index (χ2n) is 6.63. The molecule has 0 fully saturated rings. The average molecular weight is 344 g/mol. The smallest absolute Gasteiger partial charge is 0.279 e. The standard InChI is InChI=1S/C20H23ClN2O/c1-14-17(21)10-6-11-18(14)22-20(24)13-23(2)19-12-5-8-15-7-3-4-9-16(15)19/h3-4,6-7,9-11,19H,5,8,12-13H2,1-2H3,(H,22,24)/p+1/t19-/m1/s1. The molecule has 3 rings (SSSR count). The van der Waals surface area contributed by atoms with Crippen molar-refractivity contribution in [3.8, 4) is 0 Å². The van der Waals surface area contributed by atoms with Crippen LogP contribution in [0.3, 0.4) is 0 Å². The summed E-state index contributed by atoms with van der Waals surface area (Å²) < 4.78 is 0. The SMILES string of the molecule is Cc1c(Cl)cccc1NC(=O)C[NH+](C)[C@@H]1CCCc2ccccc21. The van der Waals surface area contributed by atoms with Crippen LogP contribution in [-0.2, 0) is 11.2 Å². The molecule has 1 amide bonds. The summed E-state index contributed by atoms with van der Waals surface area (Å²) in [5, 5.41) is 3.68. The highest BCUT2D eigenvalue weighted by Crippen LogP contribution is 2.27. The Labute approximate surface area is 148 Å². The first kappa shape index (κ1) is 17.0. The number of fused-ring (bicyclic) bond motifs is 1. The Kier molecular flexibility index (Phi) is 5.22. The van der Waals surface area contributed by atoms with E-state index in [1.807, 2.05) is 25.1 Å². The Morgan fingerprint density at radius 1 is 1.25 bits per heavy atom. The number of benzene rings is 2. The first-order chi connectivity index (χ1) is 11.6. The molecule has 1 aliphatic carbocycles. The molecule has 0 saturated heterocycles. The zero-order valence-electron chi connectivity index (χ0n) is 14.2. The minimum absolute atomic E-state index is 0.0286. The fraction of sp³-hybridized carbons (Fsp3) is 0.350. The molecular weight excluding hydrogens is 320 g/mol. The molecule has 2 aromatic rings. The minimum atomic E-state index is 0.0286. The van der Waals surface area contributed by atoms with Gasteiger partial charge in [0.1, 0.15) is 6.04 Å². The maximum Gasteiger partial charge on any atom is 0.279 e. The highest BCUT2D eigenvalue weighted by molar-refractivity contribution is 6.31. The molecule has 126 valence electrons. The quantitative estimate of drug-likeness (QED) is 0.878. The molecule has 0 radical (unpaired) electrons. The number of quaternary nitrogens is 1. The van der Waals surface area contributed by atoms with Crippen molar-refractivity contribution in [1.29, 1.82) is 0 Å². The van der Waals surface area contributed by atoms with Gasteiger partial charge in [-0.15, -0.1) is 0 Å². The van der Waals surface area contributed by atoms with Crippen molar-refractivity contribution in [2.24, 2.45) is 0 Å². The van der Waals surface area contributed by atoms with Crippen LogP contribution >= 0.6 is 11.6 Å². The molecule has 2 N–H and O–H groups in total. The highest BCUT2D eigenvalue weighted by Gasteiger charge is 2.28. The molecule has 0 aliphatic heterocycles. The number of hydrogen-bond donors (Lipinski definition) is 2. The molecule has 1 unspecified atom stereocenters. The summed E-state index contributed by atoms with van der Waals surface area (Å²) in [6, 6.07) is 14.6. The van der Waals surface area contributed by atoms with E-state index < -0.39 is 0 Å². The lowest BCUT2D eigenvalue weighted by atomic mass is 9.87. The number of carbonyl (C=O) groups excluding carboxylic acids is 1. The Balaban J connectivity index is 1.68. The summed E-state index contributed by atoms with van der Waals surface area (Å²) in [5.41, 5.74) is 4.53. The number of aryl methyl sites for hydroxylation is 1. The fourth-order valence-corrected chi connectivity index (χ4v) is 3.75. The van der Waals surface area contributed by atoms with Crippen LogP contribution in [0.1, 0.15) is 35.6 Å². The number of anilines is 1. The number of nitrogens with one attached hydrogen (secondary N) is 2. The second-order valence-corrected chi connectivity index (χ2v) is 7.03. The van der Waals surface area contributed by atoms with Gasteiger partial charge in [-0.2, -0.15) is 0 Å². The Hall–Kier alpha value is -1.84. The van der Waals surface area contributed by atoms with Crippen molar-refractivity contribution in [2.45, 2.75) is 32.2 Å². The lowest BCUT2D eigenvalue weighted by Gasteiger charge is -2.30. The van der Waals surface area contributed by atoms with Crippen molar-refractivity contribution in [1.82, 2.24) is 0 Å². The third-order valence-electron chi connectivity index (χ3n) is 4.95. The molecule has 2 atom stereocenters. The molecule has 0 aromatic heterocycles. The fourth-order valence-electron chi connectivity index (χ4n) is 3.58. The number of hydrogen-bond acceptors (Lipinski definition) is 1. The maximum absolute atomic E-state index is 12.5. The van der Waals surface area contributed by atoms with Crippen LogP contribution in [0.2, 0.25) is 5.02 Å². The summed E-state index contributed by atoms with van der Waals surface area (Å²) >= 11 is 6.12. The van der Waals surface area contributed by atoms with Crippen LogP contribution in [0, 0.1) is 6.92 Å². The minimum Gasteiger partial charge on any atom is -0.323 e. The molecule has 2 aromatic carbocycles. The number of amides is 1. The monoisotopic (exact) mass is 343 g/mol.